The molecule has 0 aliphatic carbocycles. The number of unbranched alkanes of at least 4 members (excludes halogenated alkanes) is 1. The normalized spacial score (nSPS) is 10.2. The van der Waals surface area contributed by atoms with E-state index in [2.05, 4.69) is 4.74 Å². The van der Waals surface area contributed by atoms with Crippen molar-refractivity contribution >= 4 is 5.97 Å². The zero-order valence-corrected chi connectivity index (χ0v) is 10.7. The predicted octanol–water partition coefficient (Wildman–Crippen LogP) is 1.47. The van der Waals surface area contributed by atoms with Gasteiger partial charge in [-0.3, -0.25) is 0 Å². The molecule has 0 bridgehead atoms. The van der Waals surface area contributed by atoms with E-state index in [9.17, 15) is 9.90 Å². The van der Waals surface area contributed by atoms with Crippen LogP contribution >= 0.6 is 0 Å². The van der Waals surface area contributed by atoms with Crippen LogP contribution in [0.5, 0.6) is 11.5 Å². The number of phenols is 1. The molecule has 1 aromatic rings. The van der Waals surface area contributed by atoms with Crippen molar-refractivity contribution in [1.29, 1.82) is 0 Å². The first-order valence-electron chi connectivity index (χ1n) is 5.82. The maximum atomic E-state index is 11.6. The Hall–Kier alpha value is -1.75. The van der Waals surface area contributed by atoms with Crippen molar-refractivity contribution in [2.45, 2.75) is 19.3 Å². The van der Waals surface area contributed by atoms with E-state index < -0.39 is 5.97 Å². The summed E-state index contributed by atoms with van der Waals surface area (Å²) in [5.41, 5.74) is 6.44. The summed E-state index contributed by atoms with van der Waals surface area (Å²) in [7, 11) is 2.75. The molecule has 0 heterocycles. The van der Waals surface area contributed by atoms with Gasteiger partial charge in [0.2, 0.25) is 0 Å². The SMILES string of the molecule is COC(=O)c1cc(CCCCN)c(O)cc1OC. The monoisotopic (exact) mass is 253 g/mol. The fraction of sp³-hybridized carbons (Fsp3) is 0.462. The standard InChI is InChI=1S/C13H19NO4/c1-17-12-8-11(15)9(5-3-4-6-14)7-10(12)13(16)18-2/h7-8,15H,3-6,14H2,1-2H3. The summed E-state index contributed by atoms with van der Waals surface area (Å²) in [5, 5.41) is 9.84. The number of methoxy groups -OCH3 is 2. The van der Waals surface area contributed by atoms with Gasteiger partial charge in [-0.2, -0.15) is 0 Å². The molecule has 0 saturated carbocycles. The van der Waals surface area contributed by atoms with E-state index >= 15 is 0 Å². The van der Waals surface area contributed by atoms with Gasteiger partial charge in [0, 0.05) is 6.07 Å². The topological polar surface area (TPSA) is 81.8 Å². The van der Waals surface area contributed by atoms with Crippen molar-refractivity contribution in [2.75, 3.05) is 20.8 Å². The van der Waals surface area contributed by atoms with Crippen LogP contribution < -0.4 is 10.5 Å². The number of ether oxygens (including phenoxy) is 2. The number of phenolic OH excluding ortho intramolecular Hbond substituents is 1. The third-order valence-electron chi connectivity index (χ3n) is 2.71. The molecule has 0 fully saturated rings. The highest BCUT2D eigenvalue weighted by atomic mass is 16.5. The van der Waals surface area contributed by atoms with E-state index in [0.29, 0.717) is 29.8 Å². The van der Waals surface area contributed by atoms with E-state index in [0.717, 1.165) is 12.8 Å². The number of carbonyl (C=O) groups is 1. The average Bonchev–Trinajstić information content (AvgIpc) is 2.39. The Bertz CT molecular complexity index is 418. The number of aryl methyl sites for hydroxylation is 1. The molecular formula is C13H19NO4. The van der Waals surface area contributed by atoms with Crippen LogP contribution in [0.1, 0.15) is 28.8 Å². The first-order chi connectivity index (χ1) is 8.63. The van der Waals surface area contributed by atoms with E-state index in [-0.39, 0.29) is 5.75 Å². The summed E-state index contributed by atoms with van der Waals surface area (Å²) in [6.07, 6.45) is 2.40. The second-order valence-corrected chi connectivity index (χ2v) is 3.92. The lowest BCUT2D eigenvalue weighted by Gasteiger charge is -2.11. The molecule has 0 spiro atoms. The zero-order chi connectivity index (χ0) is 13.5. The third kappa shape index (κ3) is 3.37. The molecule has 0 radical (unpaired) electrons. The van der Waals surface area contributed by atoms with Crippen molar-refractivity contribution in [3.63, 3.8) is 0 Å². The third-order valence-corrected chi connectivity index (χ3v) is 2.71. The summed E-state index contributed by atoms with van der Waals surface area (Å²) in [5.74, 6) is -0.0506. The maximum absolute atomic E-state index is 11.6. The highest BCUT2D eigenvalue weighted by Gasteiger charge is 2.16. The van der Waals surface area contributed by atoms with Gasteiger partial charge in [0.1, 0.15) is 17.1 Å². The lowest BCUT2D eigenvalue weighted by atomic mass is 10.0. The molecule has 100 valence electrons. The molecule has 1 aromatic carbocycles. The van der Waals surface area contributed by atoms with Gasteiger partial charge >= 0.3 is 5.97 Å². The van der Waals surface area contributed by atoms with Gasteiger partial charge in [0.15, 0.2) is 0 Å². The van der Waals surface area contributed by atoms with Gasteiger partial charge in [-0.05, 0) is 37.4 Å². The lowest BCUT2D eigenvalue weighted by molar-refractivity contribution is 0.0597. The molecule has 5 nitrogen and oxygen atoms in total. The molecule has 3 N–H and O–H groups in total. The fourth-order valence-corrected chi connectivity index (χ4v) is 1.71. The van der Waals surface area contributed by atoms with Crippen molar-refractivity contribution < 1.29 is 19.4 Å². The molecule has 18 heavy (non-hydrogen) atoms. The van der Waals surface area contributed by atoms with E-state index in [1.807, 2.05) is 0 Å². The number of nitrogens with two attached hydrogens (primary N) is 1. The number of hydrogen-bond donors (Lipinski definition) is 2. The van der Waals surface area contributed by atoms with Gasteiger partial charge in [-0.1, -0.05) is 0 Å². The number of rotatable bonds is 6. The van der Waals surface area contributed by atoms with Crippen LogP contribution in [0.15, 0.2) is 12.1 Å². The molecule has 0 amide bonds. The van der Waals surface area contributed by atoms with Crippen LogP contribution in [0.25, 0.3) is 0 Å². The van der Waals surface area contributed by atoms with Crippen LogP contribution in [0, 0.1) is 0 Å². The Morgan fingerprint density at radius 3 is 2.61 bits per heavy atom. The average molecular weight is 253 g/mol. The van der Waals surface area contributed by atoms with Gasteiger partial charge in [-0.15, -0.1) is 0 Å². The van der Waals surface area contributed by atoms with Gasteiger partial charge in [0.05, 0.1) is 14.2 Å². The molecule has 0 aliphatic heterocycles. The minimum Gasteiger partial charge on any atom is -0.508 e. The first kappa shape index (κ1) is 14.3. The molecule has 0 aromatic heterocycles. The number of esters is 1. The summed E-state index contributed by atoms with van der Waals surface area (Å²) in [4.78, 5) is 11.6. The number of carbonyl (C=O) groups excluding carboxylic acids is 1. The van der Waals surface area contributed by atoms with Crippen LogP contribution in [0.2, 0.25) is 0 Å². The van der Waals surface area contributed by atoms with Crippen molar-refractivity contribution in [3.05, 3.63) is 23.3 Å². The largest absolute Gasteiger partial charge is 0.508 e. The molecule has 0 aliphatic rings. The highest BCUT2D eigenvalue weighted by Crippen LogP contribution is 2.29. The van der Waals surface area contributed by atoms with Crippen LogP contribution in [-0.4, -0.2) is 31.8 Å². The molecule has 5 heteroatoms. The smallest absolute Gasteiger partial charge is 0.341 e. The van der Waals surface area contributed by atoms with Crippen molar-refractivity contribution in [1.82, 2.24) is 0 Å². The zero-order valence-electron chi connectivity index (χ0n) is 10.7. The van der Waals surface area contributed by atoms with Gasteiger partial charge in [0.25, 0.3) is 0 Å². The second-order valence-electron chi connectivity index (χ2n) is 3.92. The van der Waals surface area contributed by atoms with E-state index in [1.54, 1.807) is 6.07 Å². The van der Waals surface area contributed by atoms with Crippen LogP contribution in [0.3, 0.4) is 0 Å². The van der Waals surface area contributed by atoms with Gasteiger partial charge in [-0.25, -0.2) is 4.79 Å². The molecule has 0 atom stereocenters. The second kappa shape index (κ2) is 6.86. The predicted molar refractivity (Wildman–Crippen MR) is 68.0 cm³/mol. The highest BCUT2D eigenvalue weighted by molar-refractivity contribution is 5.93. The lowest BCUT2D eigenvalue weighted by Crippen LogP contribution is -2.06. The summed E-state index contributed by atoms with van der Waals surface area (Å²) in [6, 6.07) is 3.04. The van der Waals surface area contributed by atoms with Gasteiger partial charge < -0.3 is 20.3 Å². The molecule has 1 rings (SSSR count). The molecule has 0 saturated heterocycles. The van der Waals surface area contributed by atoms with Crippen molar-refractivity contribution in [3.8, 4) is 11.5 Å². The Kier molecular flexibility index (Phi) is 5.45. The first-order valence-corrected chi connectivity index (χ1v) is 5.82. The quantitative estimate of drug-likeness (QED) is 0.592. The van der Waals surface area contributed by atoms with E-state index in [1.165, 1.54) is 20.3 Å². The van der Waals surface area contributed by atoms with Crippen LogP contribution in [-0.2, 0) is 11.2 Å². The fourth-order valence-electron chi connectivity index (χ4n) is 1.71. The maximum Gasteiger partial charge on any atom is 0.341 e. The molecular weight excluding hydrogens is 234 g/mol. The summed E-state index contributed by atoms with van der Waals surface area (Å²) < 4.78 is 9.73. The Balaban J connectivity index is 3.01. The summed E-state index contributed by atoms with van der Waals surface area (Å²) >= 11 is 0. The minimum absolute atomic E-state index is 0.122. The van der Waals surface area contributed by atoms with Crippen molar-refractivity contribution in [2.24, 2.45) is 5.73 Å². The van der Waals surface area contributed by atoms with Crippen LogP contribution in [0.4, 0.5) is 0 Å². The Morgan fingerprint density at radius 1 is 1.33 bits per heavy atom. The minimum atomic E-state index is -0.480. The molecule has 0 unspecified atom stereocenters. The Morgan fingerprint density at radius 2 is 2.06 bits per heavy atom. The number of benzene rings is 1. The van der Waals surface area contributed by atoms with E-state index in [4.69, 9.17) is 10.5 Å². The number of aromatic hydroxyl groups is 1. The summed E-state index contributed by atoms with van der Waals surface area (Å²) in [6.45, 7) is 0.612. The Labute approximate surface area is 107 Å². The number of hydrogen-bond acceptors (Lipinski definition) is 5.